The fourth-order valence-electron chi connectivity index (χ4n) is 4.65. The first kappa shape index (κ1) is 31.6. The van der Waals surface area contributed by atoms with E-state index in [0.717, 1.165) is 31.5 Å². The van der Waals surface area contributed by atoms with Crippen LogP contribution in [-0.4, -0.2) is 38.4 Å². The van der Waals surface area contributed by atoms with Crippen LogP contribution >= 0.6 is 23.2 Å². The summed E-state index contributed by atoms with van der Waals surface area (Å²) in [4.78, 5) is 13.4. The van der Waals surface area contributed by atoms with Gasteiger partial charge in [-0.2, -0.15) is 13.5 Å². The zero-order chi connectivity index (χ0) is 31.6. The van der Waals surface area contributed by atoms with Gasteiger partial charge in [0.2, 0.25) is 10.0 Å². The van der Waals surface area contributed by atoms with E-state index in [1.165, 1.54) is 18.2 Å². The molecular weight excluding hydrogens is 643 g/mol. The predicted molar refractivity (Wildman–Crippen MR) is 160 cm³/mol. The number of hydrogen-bond donors (Lipinski definition) is 1. The molecule has 234 valence electrons. The minimum absolute atomic E-state index is 0.0405. The van der Waals surface area contributed by atoms with Gasteiger partial charge in [-0.05, 0) is 54.7 Å². The summed E-state index contributed by atoms with van der Waals surface area (Å²) in [6, 6.07) is 10.9. The number of aromatic nitrogens is 2. The largest absolute Gasteiger partial charge is 0.619 e. The zero-order valence-electron chi connectivity index (χ0n) is 23.2. The summed E-state index contributed by atoms with van der Waals surface area (Å²) >= 11 is 12.6. The lowest BCUT2D eigenvalue weighted by Crippen LogP contribution is -2.26. The maximum Gasteiger partial charge on any atom is 0.387 e. The Bertz CT molecular complexity index is 1780. The maximum atomic E-state index is 13.4. The zero-order valence-corrected chi connectivity index (χ0v) is 25.5. The number of nitrogens with one attached hydrogen (secondary N) is 1. The van der Waals surface area contributed by atoms with Gasteiger partial charge in [-0.3, -0.25) is 9.52 Å². The number of esters is 1. The lowest BCUT2D eigenvalue weighted by molar-refractivity contribution is -0.605. The van der Waals surface area contributed by atoms with Gasteiger partial charge in [-0.25, -0.2) is 8.42 Å². The van der Waals surface area contributed by atoms with Crippen molar-refractivity contribution in [3.63, 3.8) is 0 Å². The van der Waals surface area contributed by atoms with Crippen LogP contribution in [0.1, 0.15) is 30.1 Å². The standard InChI is InChI=1S/C29H27Cl2F2N3O7S/c1-44(39,40)34-23-3-2-4-24-19(23)9-10-35(24)15-28(37)42-26(12-20-21(30)13-36(38)14-22(20)31)18-7-8-25(43-29(32)33)27(11-18)41-16-17-5-6-17/h2-4,7-11,13-14,17,26,29,34H,5-6,12,15-16H2,1H3. The Morgan fingerprint density at radius 2 is 1.86 bits per heavy atom. The van der Waals surface area contributed by atoms with Crippen LogP contribution in [0.4, 0.5) is 14.5 Å². The number of fused-ring (bicyclic) bond motifs is 1. The second-order valence-electron chi connectivity index (χ2n) is 10.4. The van der Waals surface area contributed by atoms with Crippen LogP contribution in [0.15, 0.2) is 61.1 Å². The first-order valence-corrected chi connectivity index (χ1v) is 16.0. The van der Waals surface area contributed by atoms with Crippen LogP contribution in [0.5, 0.6) is 11.5 Å². The number of halogens is 4. The van der Waals surface area contributed by atoms with Crippen molar-refractivity contribution in [3.05, 3.63) is 87.4 Å². The molecule has 1 saturated carbocycles. The molecule has 0 aliphatic heterocycles. The van der Waals surface area contributed by atoms with E-state index in [-0.39, 0.29) is 34.5 Å². The Labute approximate surface area is 261 Å². The fourth-order valence-corrected chi connectivity index (χ4v) is 5.82. The predicted octanol–water partition coefficient (Wildman–Crippen LogP) is 5.87. The highest BCUT2D eigenvalue weighted by Gasteiger charge is 2.26. The Morgan fingerprint density at radius 1 is 1.14 bits per heavy atom. The number of sulfonamides is 1. The molecule has 1 atom stereocenters. The number of carbonyl (C=O) groups is 1. The van der Waals surface area contributed by atoms with E-state index in [4.69, 9.17) is 32.7 Å². The summed E-state index contributed by atoms with van der Waals surface area (Å²) in [5.74, 6) is -0.475. The van der Waals surface area contributed by atoms with Crippen molar-refractivity contribution in [3.8, 4) is 11.5 Å². The number of hydrogen-bond acceptors (Lipinski definition) is 7. The third-order valence-corrected chi connectivity index (χ3v) is 8.10. The minimum atomic E-state index is -3.54. The monoisotopic (exact) mass is 669 g/mol. The first-order chi connectivity index (χ1) is 20.9. The van der Waals surface area contributed by atoms with Gasteiger partial charge in [0, 0.05) is 23.6 Å². The Hall–Kier alpha value is -3.81. The van der Waals surface area contributed by atoms with E-state index >= 15 is 0 Å². The molecule has 2 aromatic carbocycles. The van der Waals surface area contributed by atoms with Crippen molar-refractivity contribution in [2.45, 2.75) is 38.5 Å². The lowest BCUT2D eigenvalue weighted by atomic mass is 10.0. The van der Waals surface area contributed by atoms with Crippen molar-refractivity contribution in [1.29, 1.82) is 0 Å². The molecule has 1 aliphatic rings. The third-order valence-electron chi connectivity index (χ3n) is 6.86. The minimum Gasteiger partial charge on any atom is -0.619 e. The topological polar surface area (TPSA) is 123 Å². The molecule has 1 N–H and O–H groups in total. The molecule has 1 unspecified atom stereocenters. The van der Waals surface area contributed by atoms with E-state index in [1.807, 2.05) is 0 Å². The number of ether oxygens (including phenoxy) is 3. The molecule has 0 saturated heterocycles. The van der Waals surface area contributed by atoms with E-state index in [0.29, 0.717) is 45.0 Å². The number of alkyl halides is 2. The molecule has 15 heteroatoms. The van der Waals surface area contributed by atoms with Crippen LogP contribution in [0.3, 0.4) is 0 Å². The number of nitrogens with zero attached hydrogens (tertiary/aromatic N) is 2. The Morgan fingerprint density at radius 3 is 2.52 bits per heavy atom. The highest BCUT2D eigenvalue weighted by atomic mass is 35.5. The van der Waals surface area contributed by atoms with Gasteiger partial charge in [0.15, 0.2) is 23.9 Å². The van der Waals surface area contributed by atoms with Crippen LogP contribution in [0, 0.1) is 11.1 Å². The van der Waals surface area contributed by atoms with E-state index in [2.05, 4.69) is 9.46 Å². The number of pyridine rings is 1. The van der Waals surface area contributed by atoms with Gasteiger partial charge in [-0.15, -0.1) is 0 Å². The lowest BCUT2D eigenvalue weighted by Gasteiger charge is -2.22. The van der Waals surface area contributed by atoms with Gasteiger partial charge in [-0.1, -0.05) is 35.3 Å². The maximum absolute atomic E-state index is 13.4. The highest BCUT2D eigenvalue weighted by Crippen LogP contribution is 2.38. The van der Waals surface area contributed by atoms with Gasteiger partial charge >= 0.3 is 12.6 Å². The summed E-state index contributed by atoms with van der Waals surface area (Å²) in [6.45, 7) is -3.02. The third kappa shape index (κ3) is 8.01. The highest BCUT2D eigenvalue weighted by molar-refractivity contribution is 7.92. The second-order valence-corrected chi connectivity index (χ2v) is 12.9. The van der Waals surface area contributed by atoms with Crippen molar-refractivity contribution < 1.29 is 40.9 Å². The van der Waals surface area contributed by atoms with Crippen LogP contribution < -0.4 is 18.9 Å². The van der Waals surface area contributed by atoms with Gasteiger partial charge < -0.3 is 24.0 Å². The molecule has 0 radical (unpaired) electrons. The SMILES string of the molecule is CS(=O)(=O)Nc1cccc2c1ccn2CC(=O)OC(Cc1c(Cl)c[n+]([O-])cc1Cl)c1ccc(OC(F)F)c(OCC2CC2)c1. The average Bonchev–Trinajstić information content (AvgIpc) is 3.67. The summed E-state index contributed by atoms with van der Waals surface area (Å²) in [5, 5.41) is 12.5. The molecule has 0 amide bonds. The quantitative estimate of drug-likeness (QED) is 0.107. The molecule has 0 bridgehead atoms. The van der Waals surface area contributed by atoms with Crippen molar-refractivity contribution >= 4 is 55.8 Å². The molecular formula is C29H27Cl2F2N3O7S. The van der Waals surface area contributed by atoms with E-state index in [9.17, 15) is 27.2 Å². The van der Waals surface area contributed by atoms with E-state index < -0.39 is 28.7 Å². The van der Waals surface area contributed by atoms with Crippen LogP contribution in [-0.2, 0) is 32.5 Å². The van der Waals surface area contributed by atoms with Gasteiger partial charge in [0.1, 0.15) is 22.7 Å². The number of anilines is 1. The average molecular weight is 671 g/mol. The fraction of sp³-hybridized carbons (Fsp3) is 0.310. The van der Waals surface area contributed by atoms with Crippen molar-refractivity contribution in [1.82, 2.24) is 4.57 Å². The summed E-state index contributed by atoms with van der Waals surface area (Å²) < 4.78 is 70.6. The van der Waals surface area contributed by atoms with E-state index in [1.54, 1.807) is 35.0 Å². The molecule has 2 heterocycles. The van der Waals surface area contributed by atoms with Crippen molar-refractivity contribution in [2.75, 3.05) is 17.6 Å². The molecule has 44 heavy (non-hydrogen) atoms. The summed E-state index contributed by atoms with van der Waals surface area (Å²) in [6.07, 6.45) is 5.72. The Balaban J connectivity index is 1.45. The molecule has 4 aromatic rings. The molecule has 5 rings (SSSR count). The van der Waals surface area contributed by atoms with Gasteiger partial charge in [0.05, 0.1) is 24.1 Å². The Kier molecular flexibility index (Phi) is 9.37. The normalized spacial score (nSPS) is 14.0. The summed E-state index contributed by atoms with van der Waals surface area (Å²) in [5.41, 5.74) is 1.64. The smallest absolute Gasteiger partial charge is 0.387 e. The number of rotatable bonds is 13. The first-order valence-electron chi connectivity index (χ1n) is 13.4. The number of carbonyl (C=O) groups excluding carboxylic acids is 1. The summed E-state index contributed by atoms with van der Waals surface area (Å²) in [7, 11) is -3.54. The number of benzene rings is 2. The molecule has 2 aromatic heterocycles. The van der Waals surface area contributed by atoms with Crippen LogP contribution in [0.25, 0.3) is 10.9 Å². The second kappa shape index (κ2) is 13.0. The van der Waals surface area contributed by atoms with Crippen molar-refractivity contribution in [2.24, 2.45) is 5.92 Å². The van der Waals surface area contributed by atoms with Gasteiger partial charge in [0.25, 0.3) is 0 Å². The molecule has 0 spiro atoms. The van der Waals surface area contributed by atoms with Crippen LogP contribution in [0.2, 0.25) is 10.0 Å². The molecule has 1 aliphatic carbocycles. The molecule has 1 fully saturated rings. The molecule has 10 nitrogen and oxygen atoms in total.